The van der Waals surface area contributed by atoms with Crippen LogP contribution in [0.15, 0.2) is 5.10 Å². The number of hydrazone groups is 1. The zero-order valence-corrected chi connectivity index (χ0v) is 13.6. The van der Waals surface area contributed by atoms with E-state index in [1.54, 1.807) is 0 Å². The maximum absolute atomic E-state index is 3.92. The summed E-state index contributed by atoms with van der Waals surface area (Å²) in [7, 11) is 1.99. The minimum absolute atomic E-state index is 0.310. The molecule has 0 aliphatic rings. The van der Waals surface area contributed by atoms with Crippen LogP contribution in [0.3, 0.4) is 0 Å². The lowest BCUT2D eigenvalue weighted by Gasteiger charge is -2.27. The van der Waals surface area contributed by atoms with Crippen molar-refractivity contribution in [2.24, 2.45) is 16.9 Å². The highest BCUT2D eigenvalue weighted by atomic mass is 127. The molecule has 0 unspecified atom stereocenters. The van der Waals surface area contributed by atoms with Crippen molar-refractivity contribution in [3.63, 3.8) is 0 Å². The van der Waals surface area contributed by atoms with Gasteiger partial charge in [-0.05, 0) is 25.2 Å². The van der Waals surface area contributed by atoms with Gasteiger partial charge in [-0.15, -0.1) is 0 Å². The van der Waals surface area contributed by atoms with Crippen LogP contribution in [0.1, 0.15) is 47.0 Å². The summed E-state index contributed by atoms with van der Waals surface area (Å²) in [5.74, 6) is 1.64. The van der Waals surface area contributed by atoms with Gasteiger partial charge in [0.1, 0.15) is 0 Å². The molecule has 96 valence electrons. The van der Waals surface area contributed by atoms with E-state index in [0.29, 0.717) is 3.42 Å². The lowest BCUT2D eigenvalue weighted by Crippen LogP contribution is -2.31. The molecule has 2 nitrogen and oxygen atoms in total. The molecule has 0 fully saturated rings. The Balaban J connectivity index is 3.86. The normalized spacial score (nSPS) is 16.9. The molecule has 2 atom stereocenters. The van der Waals surface area contributed by atoms with Crippen molar-refractivity contribution in [3.8, 4) is 0 Å². The Bertz CT molecular complexity index is 202. The molecule has 0 aliphatic heterocycles. The zero-order valence-electron chi connectivity index (χ0n) is 11.5. The van der Waals surface area contributed by atoms with E-state index >= 15 is 0 Å². The molecule has 16 heavy (non-hydrogen) atoms. The Morgan fingerprint density at radius 3 is 2.38 bits per heavy atom. The van der Waals surface area contributed by atoms with Crippen LogP contribution in [0.2, 0.25) is 0 Å². The van der Waals surface area contributed by atoms with Crippen LogP contribution in [0.25, 0.3) is 0 Å². The molecule has 0 N–H and O–H groups in total. The highest BCUT2D eigenvalue weighted by molar-refractivity contribution is 14.1. The summed E-state index contributed by atoms with van der Waals surface area (Å²) in [5.41, 5.74) is 0. The van der Waals surface area contributed by atoms with Crippen molar-refractivity contribution in [2.75, 3.05) is 13.6 Å². The highest BCUT2D eigenvalue weighted by Gasteiger charge is 2.21. The Hall–Kier alpha value is 0.200. The average Bonchev–Trinajstić information content (AvgIpc) is 2.16. The first-order chi connectivity index (χ1) is 7.28. The smallest absolute Gasteiger partial charge is 0.0500 e. The van der Waals surface area contributed by atoms with Gasteiger partial charge in [-0.2, -0.15) is 5.10 Å². The second kappa shape index (κ2) is 7.51. The quantitative estimate of drug-likeness (QED) is 0.280. The molecule has 0 aromatic carbocycles. The van der Waals surface area contributed by atoms with Crippen LogP contribution < -0.4 is 0 Å². The fraction of sp³-hybridized carbons (Fsp3) is 0.923. The minimum Gasteiger partial charge on any atom is -0.299 e. The zero-order chi connectivity index (χ0) is 12.8. The molecule has 0 radical (unpaired) electrons. The number of hydrogen-bond acceptors (Lipinski definition) is 2. The van der Waals surface area contributed by atoms with Gasteiger partial charge >= 0.3 is 0 Å². The van der Waals surface area contributed by atoms with Gasteiger partial charge in [0.25, 0.3) is 0 Å². The summed E-state index contributed by atoms with van der Waals surface area (Å²) in [4.78, 5) is 0. The standard InChI is InChI=1S/C13H27IN2/c1-11(2)12(3)8-7-9-13(4,14)10-16(6)15-5/h11-12H,5,7-10H2,1-4,6H3/t12-,13-/m1/s1. The van der Waals surface area contributed by atoms with E-state index < -0.39 is 0 Å². The monoisotopic (exact) mass is 338 g/mol. The molecule has 0 saturated carbocycles. The second-order valence-electron chi connectivity index (χ2n) is 5.48. The van der Waals surface area contributed by atoms with E-state index in [1.807, 2.05) is 12.1 Å². The molecule has 3 heteroatoms. The molecular formula is C13H27IN2. The SMILES string of the molecule is C=NN(C)C[C@](C)(I)CCC[C@@H](C)C(C)C. The average molecular weight is 338 g/mol. The van der Waals surface area contributed by atoms with Crippen LogP contribution in [-0.2, 0) is 0 Å². The molecular weight excluding hydrogens is 311 g/mol. The van der Waals surface area contributed by atoms with Crippen LogP contribution in [0.5, 0.6) is 0 Å². The van der Waals surface area contributed by atoms with E-state index in [0.717, 1.165) is 18.4 Å². The molecule has 0 bridgehead atoms. The van der Waals surface area contributed by atoms with Gasteiger partial charge in [-0.25, -0.2) is 0 Å². The Morgan fingerprint density at radius 1 is 1.38 bits per heavy atom. The predicted octanol–water partition coefficient (Wildman–Crippen LogP) is 4.19. The van der Waals surface area contributed by atoms with Crippen molar-refractivity contribution in [2.45, 2.75) is 50.4 Å². The van der Waals surface area contributed by atoms with Crippen molar-refractivity contribution in [1.82, 2.24) is 5.01 Å². The topological polar surface area (TPSA) is 15.6 Å². The van der Waals surface area contributed by atoms with Gasteiger partial charge in [0.2, 0.25) is 0 Å². The van der Waals surface area contributed by atoms with Crippen LogP contribution >= 0.6 is 22.6 Å². The van der Waals surface area contributed by atoms with E-state index in [1.165, 1.54) is 19.3 Å². The number of halogens is 1. The molecule has 0 saturated heterocycles. The number of alkyl halides is 1. The first kappa shape index (κ1) is 16.2. The number of hydrogen-bond donors (Lipinski definition) is 0. The van der Waals surface area contributed by atoms with Crippen molar-refractivity contribution in [3.05, 3.63) is 0 Å². The van der Waals surface area contributed by atoms with Crippen LogP contribution in [0, 0.1) is 11.8 Å². The second-order valence-corrected chi connectivity index (χ2v) is 8.09. The third kappa shape index (κ3) is 7.47. The summed E-state index contributed by atoms with van der Waals surface area (Å²) < 4.78 is 0.310. The Labute approximate surface area is 115 Å². The Kier molecular flexibility index (Phi) is 7.61. The Morgan fingerprint density at radius 2 is 1.94 bits per heavy atom. The van der Waals surface area contributed by atoms with Gasteiger partial charge in [0, 0.05) is 23.7 Å². The lowest BCUT2D eigenvalue weighted by molar-refractivity contribution is 0.307. The third-order valence-corrected chi connectivity index (χ3v) is 4.18. The number of rotatable bonds is 8. The first-order valence-corrected chi connectivity index (χ1v) is 7.23. The fourth-order valence-corrected chi connectivity index (χ4v) is 2.61. The lowest BCUT2D eigenvalue weighted by atomic mass is 9.91. The first-order valence-electron chi connectivity index (χ1n) is 6.15. The predicted molar refractivity (Wildman–Crippen MR) is 82.5 cm³/mol. The minimum atomic E-state index is 0.310. The molecule has 0 rings (SSSR count). The van der Waals surface area contributed by atoms with Gasteiger partial charge in [0.15, 0.2) is 0 Å². The van der Waals surface area contributed by atoms with Crippen molar-refractivity contribution < 1.29 is 0 Å². The van der Waals surface area contributed by atoms with Crippen molar-refractivity contribution in [1.29, 1.82) is 0 Å². The molecule has 0 aliphatic carbocycles. The van der Waals surface area contributed by atoms with Gasteiger partial charge in [0.05, 0.1) is 0 Å². The van der Waals surface area contributed by atoms with Gasteiger partial charge < -0.3 is 0 Å². The summed E-state index contributed by atoms with van der Waals surface area (Å²) in [6.45, 7) is 13.8. The largest absolute Gasteiger partial charge is 0.299 e. The summed E-state index contributed by atoms with van der Waals surface area (Å²) >= 11 is 2.55. The molecule has 0 heterocycles. The maximum atomic E-state index is 3.92. The fourth-order valence-electron chi connectivity index (χ4n) is 1.73. The van der Waals surface area contributed by atoms with Crippen LogP contribution in [0.4, 0.5) is 0 Å². The van der Waals surface area contributed by atoms with E-state index in [9.17, 15) is 0 Å². The van der Waals surface area contributed by atoms with Gasteiger partial charge in [-0.1, -0.05) is 56.2 Å². The van der Waals surface area contributed by atoms with E-state index in [4.69, 9.17) is 0 Å². The summed E-state index contributed by atoms with van der Waals surface area (Å²) in [6, 6.07) is 0. The van der Waals surface area contributed by atoms with E-state index in [2.05, 4.69) is 62.1 Å². The highest BCUT2D eigenvalue weighted by Crippen LogP contribution is 2.28. The number of nitrogens with zero attached hydrogens (tertiary/aromatic N) is 2. The van der Waals surface area contributed by atoms with Crippen LogP contribution in [-0.4, -0.2) is 28.7 Å². The third-order valence-electron chi connectivity index (χ3n) is 3.30. The molecule has 0 amide bonds. The van der Waals surface area contributed by atoms with Gasteiger partial charge in [-0.3, -0.25) is 5.01 Å². The van der Waals surface area contributed by atoms with Crippen molar-refractivity contribution >= 4 is 29.3 Å². The molecule has 0 spiro atoms. The maximum Gasteiger partial charge on any atom is 0.0500 e. The summed E-state index contributed by atoms with van der Waals surface area (Å²) in [6.07, 6.45) is 3.90. The summed E-state index contributed by atoms with van der Waals surface area (Å²) in [5, 5.41) is 5.85. The van der Waals surface area contributed by atoms with E-state index in [-0.39, 0.29) is 0 Å². The molecule has 0 aromatic rings. The molecule has 0 aromatic heterocycles.